The number of quaternary nitrogens is 1. The van der Waals surface area contributed by atoms with Crippen LogP contribution in [0.2, 0.25) is 0 Å². The first-order valence-corrected chi connectivity index (χ1v) is 7.64. The molecule has 0 fully saturated rings. The Morgan fingerprint density at radius 2 is 2.00 bits per heavy atom. The standard InChI is InChI=1S/C16H29NO2/c1-6-17(7-2)10-16(18)19-11-15-13(4)8-12(3)9-14(15)5/h8,13-15H,6-7,9-11H2,1-5H3/p+1/t13-,14+,15-/m0/s1. The van der Waals surface area contributed by atoms with E-state index in [4.69, 9.17) is 4.74 Å². The number of hydrogen-bond donors (Lipinski definition) is 1. The van der Waals surface area contributed by atoms with Crippen molar-refractivity contribution >= 4 is 5.97 Å². The summed E-state index contributed by atoms with van der Waals surface area (Å²) in [5.41, 5.74) is 1.47. The summed E-state index contributed by atoms with van der Waals surface area (Å²) in [5.74, 6) is 1.54. The lowest BCUT2D eigenvalue weighted by molar-refractivity contribution is -0.888. The maximum absolute atomic E-state index is 11.8. The molecule has 0 aromatic rings. The van der Waals surface area contributed by atoms with Crippen LogP contribution in [0.5, 0.6) is 0 Å². The molecular weight excluding hydrogens is 238 g/mol. The van der Waals surface area contributed by atoms with E-state index in [0.717, 1.165) is 19.5 Å². The Morgan fingerprint density at radius 3 is 2.53 bits per heavy atom. The zero-order valence-corrected chi connectivity index (χ0v) is 13.2. The number of rotatable bonds is 6. The van der Waals surface area contributed by atoms with Crippen LogP contribution in [0.15, 0.2) is 11.6 Å². The zero-order chi connectivity index (χ0) is 14.4. The van der Waals surface area contributed by atoms with Crippen molar-refractivity contribution in [1.29, 1.82) is 0 Å². The van der Waals surface area contributed by atoms with E-state index in [1.165, 1.54) is 10.5 Å². The summed E-state index contributed by atoms with van der Waals surface area (Å²) in [5, 5.41) is 0. The van der Waals surface area contributed by atoms with Gasteiger partial charge >= 0.3 is 5.97 Å². The number of carbonyl (C=O) groups is 1. The molecule has 0 heterocycles. The third kappa shape index (κ3) is 4.98. The van der Waals surface area contributed by atoms with Crippen LogP contribution in [-0.2, 0) is 9.53 Å². The van der Waals surface area contributed by atoms with Crippen molar-refractivity contribution < 1.29 is 14.4 Å². The van der Waals surface area contributed by atoms with E-state index in [1.54, 1.807) is 0 Å². The van der Waals surface area contributed by atoms with Gasteiger partial charge < -0.3 is 9.64 Å². The Balaban J connectivity index is 2.41. The minimum absolute atomic E-state index is 0.0515. The summed E-state index contributed by atoms with van der Waals surface area (Å²) in [6.07, 6.45) is 3.46. The minimum atomic E-state index is -0.0515. The van der Waals surface area contributed by atoms with Crippen molar-refractivity contribution in [3.63, 3.8) is 0 Å². The number of esters is 1. The number of nitrogens with one attached hydrogen (secondary N) is 1. The molecule has 3 atom stereocenters. The molecular formula is C16H30NO2+. The minimum Gasteiger partial charge on any atom is -0.461 e. The summed E-state index contributed by atoms with van der Waals surface area (Å²) in [6, 6.07) is 0. The van der Waals surface area contributed by atoms with Crippen LogP contribution >= 0.6 is 0 Å². The van der Waals surface area contributed by atoms with Crippen LogP contribution < -0.4 is 4.90 Å². The highest BCUT2D eigenvalue weighted by molar-refractivity contribution is 5.70. The second kappa shape index (κ2) is 7.68. The summed E-state index contributed by atoms with van der Waals surface area (Å²) in [4.78, 5) is 13.1. The first-order chi connectivity index (χ1) is 8.97. The van der Waals surface area contributed by atoms with E-state index < -0.39 is 0 Å². The summed E-state index contributed by atoms with van der Waals surface area (Å²) < 4.78 is 5.50. The van der Waals surface area contributed by atoms with Gasteiger partial charge in [-0.3, -0.25) is 0 Å². The largest absolute Gasteiger partial charge is 0.461 e. The highest BCUT2D eigenvalue weighted by Crippen LogP contribution is 2.33. The van der Waals surface area contributed by atoms with Gasteiger partial charge in [-0.1, -0.05) is 25.5 Å². The van der Waals surface area contributed by atoms with E-state index >= 15 is 0 Å². The van der Waals surface area contributed by atoms with Gasteiger partial charge in [-0.25, -0.2) is 4.79 Å². The highest BCUT2D eigenvalue weighted by Gasteiger charge is 2.28. The fourth-order valence-electron chi connectivity index (χ4n) is 3.08. The fraction of sp³-hybridized carbons (Fsp3) is 0.812. The molecule has 0 spiro atoms. The Morgan fingerprint density at radius 1 is 1.37 bits per heavy atom. The molecule has 0 unspecified atom stereocenters. The second-order valence-corrected chi connectivity index (χ2v) is 6.03. The van der Waals surface area contributed by atoms with Crippen molar-refractivity contribution in [2.24, 2.45) is 17.8 Å². The van der Waals surface area contributed by atoms with Gasteiger partial charge in [0, 0.05) is 5.92 Å². The van der Waals surface area contributed by atoms with Gasteiger partial charge in [-0.15, -0.1) is 0 Å². The molecule has 1 aliphatic carbocycles. The van der Waals surface area contributed by atoms with Crippen LogP contribution in [0.4, 0.5) is 0 Å². The average molecular weight is 268 g/mol. The molecule has 0 aromatic heterocycles. The van der Waals surface area contributed by atoms with Crippen molar-refractivity contribution in [2.75, 3.05) is 26.2 Å². The number of likely N-dealkylation sites (N-methyl/N-ethyl adjacent to an activating group) is 1. The number of carbonyl (C=O) groups excluding carboxylic acids is 1. The SMILES string of the molecule is CC[NH+](CC)CC(=O)OC[C@@H]1[C@H](C)CC(C)=C[C@@H]1C. The predicted octanol–water partition coefficient (Wildman–Crippen LogP) is 1.69. The van der Waals surface area contributed by atoms with Gasteiger partial charge in [-0.05, 0) is 39.0 Å². The predicted molar refractivity (Wildman–Crippen MR) is 78.1 cm³/mol. The lowest BCUT2D eigenvalue weighted by atomic mass is 9.75. The third-order valence-corrected chi connectivity index (χ3v) is 4.43. The van der Waals surface area contributed by atoms with Crippen molar-refractivity contribution in [1.82, 2.24) is 0 Å². The van der Waals surface area contributed by atoms with E-state index in [-0.39, 0.29) is 5.97 Å². The Kier molecular flexibility index (Phi) is 6.56. The van der Waals surface area contributed by atoms with Crippen molar-refractivity contribution in [3.05, 3.63) is 11.6 Å². The molecule has 0 amide bonds. The van der Waals surface area contributed by atoms with Crippen molar-refractivity contribution in [2.45, 2.75) is 41.0 Å². The van der Waals surface area contributed by atoms with Gasteiger partial charge in [-0.2, -0.15) is 0 Å². The smallest absolute Gasteiger partial charge is 0.361 e. The fourth-order valence-corrected chi connectivity index (χ4v) is 3.08. The van der Waals surface area contributed by atoms with E-state index in [2.05, 4.69) is 40.7 Å². The molecule has 110 valence electrons. The maximum Gasteiger partial charge on any atom is 0.361 e. The highest BCUT2D eigenvalue weighted by atomic mass is 16.5. The monoisotopic (exact) mass is 268 g/mol. The lowest BCUT2D eigenvalue weighted by Crippen LogP contribution is -3.12. The van der Waals surface area contributed by atoms with Crippen LogP contribution in [0, 0.1) is 17.8 Å². The molecule has 3 nitrogen and oxygen atoms in total. The zero-order valence-electron chi connectivity index (χ0n) is 13.2. The van der Waals surface area contributed by atoms with Crippen LogP contribution in [-0.4, -0.2) is 32.2 Å². The molecule has 1 N–H and O–H groups in total. The number of ether oxygens (including phenoxy) is 1. The van der Waals surface area contributed by atoms with Crippen LogP contribution in [0.3, 0.4) is 0 Å². The number of allylic oxidation sites excluding steroid dienone is 2. The van der Waals surface area contributed by atoms with Crippen molar-refractivity contribution in [3.8, 4) is 0 Å². The van der Waals surface area contributed by atoms with Gasteiger partial charge in [0.1, 0.15) is 0 Å². The van der Waals surface area contributed by atoms with E-state index in [9.17, 15) is 4.79 Å². The molecule has 1 rings (SSSR count). The molecule has 0 saturated carbocycles. The Labute approximate surface area is 118 Å². The second-order valence-electron chi connectivity index (χ2n) is 6.03. The summed E-state index contributed by atoms with van der Waals surface area (Å²) >= 11 is 0. The molecule has 0 saturated heterocycles. The van der Waals surface area contributed by atoms with E-state index in [1.807, 2.05) is 0 Å². The Hall–Kier alpha value is -0.830. The first kappa shape index (κ1) is 16.2. The van der Waals surface area contributed by atoms with E-state index in [0.29, 0.717) is 30.9 Å². The average Bonchev–Trinajstić information content (AvgIpc) is 2.34. The molecule has 0 aromatic carbocycles. The summed E-state index contributed by atoms with van der Waals surface area (Å²) in [7, 11) is 0. The lowest BCUT2D eigenvalue weighted by Gasteiger charge is -2.32. The molecule has 0 radical (unpaired) electrons. The molecule has 1 aliphatic rings. The molecule has 0 aliphatic heterocycles. The first-order valence-electron chi connectivity index (χ1n) is 7.64. The molecule has 3 heteroatoms. The topological polar surface area (TPSA) is 30.7 Å². The maximum atomic E-state index is 11.8. The van der Waals surface area contributed by atoms with Gasteiger partial charge in [0.2, 0.25) is 0 Å². The van der Waals surface area contributed by atoms with Gasteiger partial charge in [0.05, 0.1) is 19.7 Å². The van der Waals surface area contributed by atoms with Crippen LogP contribution in [0.25, 0.3) is 0 Å². The quantitative estimate of drug-likeness (QED) is 0.587. The molecule has 0 bridgehead atoms. The summed E-state index contributed by atoms with van der Waals surface area (Å²) in [6.45, 7) is 13.9. The van der Waals surface area contributed by atoms with Crippen LogP contribution in [0.1, 0.15) is 41.0 Å². The molecule has 19 heavy (non-hydrogen) atoms. The third-order valence-electron chi connectivity index (χ3n) is 4.43. The van der Waals surface area contributed by atoms with Gasteiger partial charge in [0.25, 0.3) is 0 Å². The normalized spacial score (nSPS) is 27.3. The number of hydrogen-bond acceptors (Lipinski definition) is 2. The Bertz CT molecular complexity index is 321. The van der Waals surface area contributed by atoms with Gasteiger partial charge in [0.15, 0.2) is 6.54 Å².